The van der Waals surface area contributed by atoms with Crippen LogP contribution in [0.3, 0.4) is 0 Å². The van der Waals surface area contributed by atoms with Gasteiger partial charge >= 0.3 is 0 Å². The van der Waals surface area contributed by atoms with Crippen molar-refractivity contribution in [1.82, 2.24) is 9.61 Å². The molecule has 0 bridgehead atoms. The maximum atomic E-state index is 12.2. The van der Waals surface area contributed by atoms with Crippen molar-refractivity contribution in [3.05, 3.63) is 28.5 Å². The molecule has 100 valence electrons. The van der Waals surface area contributed by atoms with E-state index in [1.807, 2.05) is 6.07 Å². The first-order valence-corrected chi connectivity index (χ1v) is 7.61. The highest BCUT2D eigenvalue weighted by molar-refractivity contribution is 9.10. The average molecular weight is 342 g/mol. The predicted molar refractivity (Wildman–Crippen MR) is 75.2 cm³/mol. The van der Waals surface area contributed by atoms with E-state index in [4.69, 9.17) is 5.26 Å². The van der Waals surface area contributed by atoms with E-state index in [1.54, 1.807) is 26.1 Å². The number of pyridine rings is 1. The molecule has 0 fully saturated rings. The molecule has 1 unspecified atom stereocenters. The summed E-state index contributed by atoms with van der Waals surface area (Å²) in [4.78, 5) is 0.550. The molecule has 7 heteroatoms. The van der Waals surface area contributed by atoms with Crippen LogP contribution in [0.25, 0.3) is 5.52 Å². The number of rotatable bonds is 3. The molecule has 0 aliphatic carbocycles. The summed E-state index contributed by atoms with van der Waals surface area (Å²) in [7, 11) is -1.34. The highest BCUT2D eigenvalue weighted by atomic mass is 79.9. The number of nitriles is 1. The second kappa shape index (κ2) is 5.04. The fourth-order valence-electron chi connectivity index (χ4n) is 1.66. The fourth-order valence-corrected chi connectivity index (χ4v) is 3.73. The van der Waals surface area contributed by atoms with Gasteiger partial charge in [0.15, 0.2) is 0 Å². The molecule has 19 heavy (non-hydrogen) atoms. The molecule has 0 aliphatic heterocycles. The Morgan fingerprint density at radius 2 is 2.32 bits per heavy atom. The molecule has 0 spiro atoms. The standard InChI is InChI=1S/C12H12BrN3O2S/c1-12(2,17)7-19(18)9-3-10(13)11-8(4-14)5-15-16(11)6-9/h3,5-6,17H,7H2,1-2H3. The van der Waals surface area contributed by atoms with Crippen LogP contribution in [0.1, 0.15) is 19.4 Å². The number of fused-ring (bicyclic) bond motifs is 1. The van der Waals surface area contributed by atoms with Gasteiger partial charge in [-0.3, -0.25) is 4.21 Å². The van der Waals surface area contributed by atoms with Gasteiger partial charge in [0.1, 0.15) is 6.07 Å². The molecule has 0 amide bonds. The average Bonchev–Trinajstić information content (AvgIpc) is 2.70. The lowest BCUT2D eigenvalue weighted by Crippen LogP contribution is -2.27. The van der Waals surface area contributed by atoms with E-state index in [0.29, 0.717) is 20.4 Å². The van der Waals surface area contributed by atoms with Gasteiger partial charge in [-0.25, -0.2) is 4.52 Å². The Bertz CT molecular complexity index is 697. The van der Waals surface area contributed by atoms with Crippen LogP contribution in [0.5, 0.6) is 0 Å². The van der Waals surface area contributed by atoms with Crippen molar-refractivity contribution in [1.29, 1.82) is 5.26 Å². The molecule has 1 N–H and O–H groups in total. The van der Waals surface area contributed by atoms with E-state index in [2.05, 4.69) is 21.0 Å². The molecule has 0 aliphatic rings. The van der Waals surface area contributed by atoms with Crippen LogP contribution in [-0.2, 0) is 10.8 Å². The summed E-state index contributed by atoms with van der Waals surface area (Å²) in [5.74, 6) is 0.136. The minimum absolute atomic E-state index is 0.136. The zero-order valence-corrected chi connectivity index (χ0v) is 12.8. The van der Waals surface area contributed by atoms with Gasteiger partial charge in [0.05, 0.1) is 44.3 Å². The van der Waals surface area contributed by atoms with Crippen molar-refractivity contribution in [3.8, 4) is 6.07 Å². The molecule has 0 aromatic carbocycles. The first-order valence-electron chi connectivity index (χ1n) is 5.49. The van der Waals surface area contributed by atoms with Crippen LogP contribution in [0.4, 0.5) is 0 Å². The van der Waals surface area contributed by atoms with Crippen molar-refractivity contribution in [2.75, 3.05) is 5.75 Å². The summed E-state index contributed by atoms with van der Waals surface area (Å²) in [6.45, 7) is 3.22. The van der Waals surface area contributed by atoms with Gasteiger partial charge in [-0.2, -0.15) is 10.4 Å². The highest BCUT2D eigenvalue weighted by Gasteiger charge is 2.20. The molecule has 0 saturated carbocycles. The molecule has 2 aromatic rings. The zero-order valence-electron chi connectivity index (χ0n) is 10.4. The quantitative estimate of drug-likeness (QED) is 0.923. The van der Waals surface area contributed by atoms with Crippen molar-refractivity contribution >= 4 is 32.2 Å². The number of aliphatic hydroxyl groups is 1. The summed E-state index contributed by atoms with van der Waals surface area (Å²) >= 11 is 3.36. The Kier molecular flexibility index (Phi) is 3.76. The van der Waals surface area contributed by atoms with Crippen LogP contribution >= 0.6 is 15.9 Å². The first kappa shape index (κ1) is 14.2. The number of halogens is 1. The Morgan fingerprint density at radius 3 is 2.89 bits per heavy atom. The van der Waals surface area contributed by atoms with Gasteiger partial charge in [-0.1, -0.05) is 0 Å². The van der Waals surface area contributed by atoms with Crippen LogP contribution < -0.4 is 0 Å². The third-order valence-electron chi connectivity index (χ3n) is 2.41. The maximum absolute atomic E-state index is 12.2. The van der Waals surface area contributed by atoms with E-state index in [0.717, 1.165) is 0 Å². The molecule has 0 saturated heterocycles. The third kappa shape index (κ3) is 3.03. The molecular formula is C12H12BrN3O2S. The second-order valence-electron chi connectivity index (χ2n) is 4.79. The van der Waals surface area contributed by atoms with Crippen LogP contribution in [0.2, 0.25) is 0 Å². The van der Waals surface area contributed by atoms with Crippen LogP contribution in [-0.4, -0.2) is 30.3 Å². The Hall–Kier alpha value is -1.23. The van der Waals surface area contributed by atoms with E-state index in [-0.39, 0.29) is 5.75 Å². The van der Waals surface area contributed by atoms with E-state index in [9.17, 15) is 9.32 Å². The maximum Gasteiger partial charge on any atom is 0.103 e. The fraction of sp³-hybridized carbons (Fsp3) is 0.333. The Morgan fingerprint density at radius 1 is 1.63 bits per heavy atom. The topological polar surface area (TPSA) is 78.4 Å². The monoisotopic (exact) mass is 341 g/mol. The normalized spacial score (nSPS) is 13.4. The minimum atomic E-state index is -1.34. The Labute approximate surface area is 121 Å². The summed E-state index contributed by atoms with van der Waals surface area (Å²) in [5, 5.41) is 22.7. The van der Waals surface area contributed by atoms with Crippen LogP contribution in [0, 0.1) is 11.3 Å². The van der Waals surface area contributed by atoms with E-state index < -0.39 is 16.4 Å². The van der Waals surface area contributed by atoms with Crippen molar-refractivity contribution < 1.29 is 9.32 Å². The summed E-state index contributed by atoms with van der Waals surface area (Å²) in [6, 6.07) is 3.74. The summed E-state index contributed by atoms with van der Waals surface area (Å²) in [6.07, 6.45) is 3.07. The first-order chi connectivity index (χ1) is 8.81. The number of aromatic nitrogens is 2. The van der Waals surface area contributed by atoms with Gasteiger partial charge in [0.2, 0.25) is 0 Å². The van der Waals surface area contributed by atoms with Gasteiger partial charge in [0.25, 0.3) is 0 Å². The lowest BCUT2D eigenvalue weighted by Gasteiger charge is -2.16. The molecule has 2 rings (SSSR count). The molecule has 0 radical (unpaired) electrons. The Balaban J connectivity index is 2.48. The number of nitrogens with zero attached hydrogens (tertiary/aromatic N) is 3. The van der Waals surface area contributed by atoms with Crippen molar-refractivity contribution in [3.63, 3.8) is 0 Å². The molecular weight excluding hydrogens is 330 g/mol. The SMILES string of the molecule is CC(C)(O)CS(=O)c1cc(Br)c2c(C#N)cnn2c1. The zero-order chi connectivity index (χ0) is 14.2. The molecule has 2 heterocycles. The largest absolute Gasteiger partial charge is 0.389 e. The van der Waals surface area contributed by atoms with Gasteiger partial charge in [0, 0.05) is 10.7 Å². The minimum Gasteiger partial charge on any atom is -0.389 e. The lowest BCUT2D eigenvalue weighted by atomic mass is 10.2. The molecule has 1 atom stereocenters. The summed E-state index contributed by atoms with van der Waals surface area (Å²) < 4.78 is 14.3. The van der Waals surface area contributed by atoms with Crippen molar-refractivity contribution in [2.45, 2.75) is 24.3 Å². The van der Waals surface area contributed by atoms with Gasteiger partial charge < -0.3 is 5.11 Å². The predicted octanol–water partition coefficient (Wildman–Crippen LogP) is 1.85. The highest BCUT2D eigenvalue weighted by Crippen LogP contribution is 2.25. The molecule has 5 nitrogen and oxygen atoms in total. The van der Waals surface area contributed by atoms with E-state index in [1.165, 1.54) is 10.7 Å². The second-order valence-corrected chi connectivity index (χ2v) is 7.09. The lowest BCUT2D eigenvalue weighted by molar-refractivity contribution is 0.106. The number of hydrogen-bond acceptors (Lipinski definition) is 4. The summed E-state index contributed by atoms with van der Waals surface area (Å²) in [5.41, 5.74) is 0.0898. The van der Waals surface area contributed by atoms with Crippen LogP contribution in [0.15, 0.2) is 27.8 Å². The van der Waals surface area contributed by atoms with E-state index >= 15 is 0 Å². The molecule has 2 aromatic heterocycles. The van der Waals surface area contributed by atoms with Gasteiger partial charge in [-0.15, -0.1) is 0 Å². The number of hydrogen-bond donors (Lipinski definition) is 1. The smallest absolute Gasteiger partial charge is 0.103 e. The third-order valence-corrected chi connectivity index (χ3v) is 4.73. The van der Waals surface area contributed by atoms with Crippen molar-refractivity contribution in [2.24, 2.45) is 0 Å². The van der Waals surface area contributed by atoms with Gasteiger partial charge in [-0.05, 0) is 35.8 Å².